The normalized spacial score (nSPS) is 21.6. The first kappa shape index (κ1) is 11.4. The molecule has 92 valence electrons. The van der Waals surface area contributed by atoms with Crippen LogP contribution in [-0.4, -0.2) is 10.9 Å². The Morgan fingerprint density at radius 1 is 1.39 bits per heavy atom. The molecule has 1 aliphatic carbocycles. The van der Waals surface area contributed by atoms with Crippen LogP contribution in [0.5, 0.6) is 0 Å². The number of carbonyl (C=O) groups is 1. The summed E-state index contributed by atoms with van der Waals surface area (Å²) in [6, 6.07) is 10.2. The summed E-state index contributed by atoms with van der Waals surface area (Å²) in [5.74, 6) is 0.585. The fourth-order valence-corrected chi connectivity index (χ4v) is 2.85. The number of rotatable bonds is 3. The maximum atomic E-state index is 12.0. The van der Waals surface area contributed by atoms with Gasteiger partial charge in [-0.3, -0.25) is 4.79 Å². The standard InChI is InChI=1S/C14H14N2OS/c1-9-8-18-14(15-9)16-13(17)12-7-11(12)10-5-3-2-4-6-10/h2-6,8,11-12H,7H2,1H3,(H,15,16,17)/t11-,12+/m0/s1. The van der Waals surface area contributed by atoms with Crippen LogP contribution in [0, 0.1) is 12.8 Å². The lowest BCUT2D eigenvalue weighted by Crippen LogP contribution is -2.14. The topological polar surface area (TPSA) is 42.0 Å². The Morgan fingerprint density at radius 2 is 2.17 bits per heavy atom. The zero-order valence-corrected chi connectivity index (χ0v) is 10.9. The highest BCUT2D eigenvalue weighted by Crippen LogP contribution is 2.47. The van der Waals surface area contributed by atoms with Gasteiger partial charge in [0.15, 0.2) is 5.13 Å². The van der Waals surface area contributed by atoms with Crippen LogP contribution in [0.15, 0.2) is 35.7 Å². The number of amides is 1. The second-order valence-corrected chi connectivity index (χ2v) is 5.50. The Kier molecular flexibility index (Phi) is 2.88. The zero-order chi connectivity index (χ0) is 12.5. The van der Waals surface area contributed by atoms with Crippen molar-refractivity contribution in [2.45, 2.75) is 19.3 Å². The van der Waals surface area contributed by atoms with Crippen LogP contribution in [0.4, 0.5) is 5.13 Å². The molecule has 3 nitrogen and oxygen atoms in total. The lowest BCUT2D eigenvalue weighted by atomic mass is 10.1. The molecule has 1 aromatic carbocycles. The van der Waals surface area contributed by atoms with E-state index in [0.717, 1.165) is 12.1 Å². The van der Waals surface area contributed by atoms with E-state index in [1.807, 2.05) is 30.5 Å². The van der Waals surface area contributed by atoms with Gasteiger partial charge in [-0.05, 0) is 24.8 Å². The molecule has 1 aliphatic rings. The average molecular weight is 258 g/mol. The molecule has 2 atom stereocenters. The van der Waals surface area contributed by atoms with Gasteiger partial charge in [0.1, 0.15) is 0 Å². The third-order valence-electron chi connectivity index (χ3n) is 3.20. The predicted octanol–water partition coefficient (Wildman–Crippen LogP) is 3.19. The van der Waals surface area contributed by atoms with E-state index in [-0.39, 0.29) is 11.8 Å². The molecule has 3 rings (SSSR count). The van der Waals surface area contributed by atoms with Gasteiger partial charge in [0.05, 0.1) is 5.69 Å². The third-order valence-corrected chi connectivity index (χ3v) is 4.08. The van der Waals surface area contributed by atoms with Gasteiger partial charge in [0.25, 0.3) is 0 Å². The molecule has 0 unspecified atom stereocenters. The van der Waals surface area contributed by atoms with Crippen molar-refractivity contribution in [2.75, 3.05) is 5.32 Å². The number of hydrogen-bond donors (Lipinski definition) is 1. The molecule has 1 fully saturated rings. The molecule has 4 heteroatoms. The number of thiazole rings is 1. The van der Waals surface area contributed by atoms with Gasteiger partial charge < -0.3 is 5.32 Å². The van der Waals surface area contributed by atoms with Gasteiger partial charge in [0.2, 0.25) is 5.91 Å². The molecule has 0 aliphatic heterocycles. The first-order valence-electron chi connectivity index (χ1n) is 6.02. The van der Waals surface area contributed by atoms with Crippen LogP contribution < -0.4 is 5.32 Å². The highest BCUT2D eigenvalue weighted by atomic mass is 32.1. The maximum absolute atomic E-state index is 12.0. The Labute approximate surface area is 110 Å². The van der Waals surface area contributed by atoms with Crippen molar-refractivity contribution in [1.82, 2.24) is 4.98 Å². The summed E-state index contributed by atoms with van der Waals surface area (Å²) in [4.78, 5) is 16.3. The van der Waals surface area contributed by atoms with E-state index >= 15 is 0 Å². The van der Waals surface area contributed by atoms with Crippen LogP contribution in [0.2, 0.25) is 0 Å². The van der Waals surface area contributed by atoms with Crippen molar-refractivity contribution < 1.29 is 4.79 Å². The summed E-state index contributed by atoms with van der Waals surface area (Å²) in [5.41, 5.74) is 2.21. The van der Waals surface area contributed by atoms with Crippen LogP contribution >= 0.6 is 11.3 Å². The first-order valence-corrected chi connectivity index (χ1v) is 6.90. The minimum atomic E-state index is 0.0956. The second kappa shape index (κ2) is 4.53. The van der Waals surface area contributed by atoms with Crippen molar-refractivity contribution in [1.29, 1.82) is 0 Å². The number of aryl methyl sites for hydroxylation is 1. The molecule has 18 heavy (non-hydrogen) atoms. The fraction of sp³-hybridized carbons (Fsp3) is 0.286. The Hall–Kier alpha value is -1.68. The number of nitrogens with zero attached hydrogens (tertiary/aromatic N) is 1. The van der Waals surface area contributed by atoms with Gasteiger partial charge >= 0.3 is 0 Å². The van der Waals surface area contributed by atoms with Gasteiger partial charge in [0, 0.05) is 11.3 Å². The van der Waals surface area contributed by atoms with Crippen molar-refractivity contribution in [3.05, 3.63) is 47.0 Å². The molecule has 1 aromatic heterocycles. The lowest BCUT2D eigenvalue weighted by molar-refractivity contribution is -0.117. The van der Waals surface area contributed by atoms with Gasteiger partial charge in [-0.15, -0.1) is 11.3 Å². The summed E-state index contributed by atoms with van der Waals surface area (Å²) >= 11 is 1.48. The molecule has 0 saturated heterocycles. The highest BCUT2D eigenvalue weighted by molar-refractivity contribution is 7.13. The quantitative estimate of drug-likeness (QED) is 0.918. The summed E-state index contributed by atoms with van der Waals surface area (Å²) in [5, 5.41) is 5.54. The number of carbonyl (C=O) groups excluding carboxylic acids is 1. The van der Waals surface area contributed by atoms with Crippen molar-refractivity contribution in [3.63, 3.8) is 0 Å². The Morgan fingerprint density at radius 3 is 2.83 bits per heavy atom. The number of benzene rings is 1. The van der Waals surface area contributed by atoms with E-state index < -0.39 is 0 Å². The molecule has 1 heterocycles. The van der Waals surface area contributed by atoms with E-state index in [2.05, 4.69) is 22.4 Å². The van der Waals surface area contributed by atoms with Crippen molar-refractivity contribution >= 4 is 22.4 Å². The third kappa shape index (κ3) is 2.29. The number of aromatic nitrogens is 1. The number of anilines is 1. The smallest absolute Gasteiger partial charge is 0.229 e. The summed E-state index contributed by atoms with van der Waals surface area (Å²) in [7, 11) is 0. The zero-order valence-electron chi connectivity index (χ0n) is 10.1. The fourth-order valence-electron chi connectivity index (χ4n) is 2.16. The highest BCUT2D eigenvalue weighted by Gasteiger charge is 2.43. The molecular weight excluding hydrogens is 244 g/mol. The Balaban J connectivity index is 1.63. The first-order chi connectivity index (χ1) is 8.74. The molecule has 0 radical (unpaired) electrons. The monoisotopic (exact) mass is 258 g/mol. The molecule has 2 aromatic rings. The second-order valence-electron chi connectivity index (χ2n) is 4.64. The maximum Gasteiger partial charge on any atom is 0.229 e. The lowest BCUT2D eigenvalue weighted by Gasteiger charge is -2.01. The van der Waals surface area contributed by atoms with Gasteiger partial charge in [-0.25, -0.2) is 4.98 Å². The average Bonchev–Trinajstić information content (AvgIpc) is 3.09. The van der Waals surface area contributed by atoms with E-state index in [1.54, 1.807) is 0 Å². The largest absolute Gasteiger partial charge is 0.302 e. The molecule has 1 N–H and O–H groups in total. The van der Waals surface area contributed by atoms with E-state index in [1.165, 1.54) is 16.9 Å². The Bertz CT molecular complexity index is 564. The molecule has 0 spiro atoms. The molecule has 0 bridgehead atoms. The van der Waals surface area contributed by atoms with E-state index in [0.29, 0.717) is 11.0 Å². The van der Waals surface area contributed by atoms with Crippen molar-refractivity contribution in [3.8, 4) is 0 Å². The minimum Gasteiger partial charge on any atom is -0.302 e. The van der Waals surface area contributed by atoms with Crippen LogP contribution in [0.25, 0.3) is 0 Å². The molecular formula is C14H14N2OS. The minimum absolute atomic E-state index is 0.0956. The van der Waals surface area contributed by atoms with Gasteiger partial charge in [-0.2, -0.15) is 0 Å². The van der Waals surface area contributed by atoms with Crippen LogP contribution in [0.1, 0.15) is 23.6 Å². The summed E-state index contributed by atoms with van der Waals surface area (Å²) in [6.07, 6.45) is 0.945. The predicted molar refractivity (Wildman–Crippen MR) is 72.8 cm³/mol. The van der Waals surface area contributed by atoms with Crippen molar-refractivity contribution in [2.24, 2.45) is 5.92 Å². The molecule has 1 saturated carbocycles. The van der Waals surface area contributed by atoms with Gasteiger partial charge in [-0.1, -0.05) is 30.3 Å². The summed E-state index contributed by atoms with van der Waals surface area (Å²) in [6.45, 7) is 1.93. The van der Waals surface area contributed by atoms with E-state index in [9.17, 15) is 4.79 Å². The SMILES string of the molecule is Cc1csc(NC(=O)[C@@H]2C[C@H]2c2ccccc2)n1. The molecule has 1 amide bonds. The number of nitrogens with one attached hydrogen (secondary N) is 1. The number of hydrogen-bond acceptors (Lipinski definition) is 3. The van der Waals surface area contributed by atoms with Crippen LogP contribution in [0.3, 0.4) is 0 Å². The van der Waals surface area contributed by atoms with E-state index in [4.69, 9.17) is 0 Å². The van der Waals surface area contributed by atoms with Crippen LogP contribution in [-0.2, 0) is 4.79 Å². The summed E-state index contributed by atoms with van der Waals surface area (Å²) < 4.78 is 0.